The molecule has 0 radical (unpaired) electrons. The first-order valence-electron chi connectivity index (χ1n) is 7.87. The van der Waals surface area contributed by atoms with Crippen molar-refractivity contribution in [2.24, 2.45) is 5.73 Å². The van der Waals surface area contributed by atoms with Crippen LogP contribution in [0.1, 0.15) is 37.7 Å². The second kappa shape index (κ2) is 8.54. The molecule has 1 fully saturated rings. The van der Waals surface area contributed by atoms with Crippen LogP contribution in [-0.2, 0) is 20.9 Å². The van der Waals surface area contributed by atoms with Gasteiger partial charge in [-0.15, -0.1) is 0 Å². The number of primary amides is 1. The standard InChI is InChI=1S/C17H24N2O3/c18-16(20)10-11-19(13-14-5-2-1-3-6-14)17(21)9-8-15-7-4-12-22-15/h1-3,5-6,15H,4,7-13H2,(H2,18,20). The van der Waals surface area contributed by atoms with Crippen molar-refractivity contribution in [1.29, 1.82) is 0 Å². The fraction of sp³-hybridized carbons (Fsp3) is 0.529. The fourth-order valence-electron chi connectivity index (χ4n) is 2.66. The average molecular weight is 304 g/mol. The van der Waals surface area contributed by atoms with Gasteiger partial charge in [0.25, 0.3) is 0 Å². The number of carbonyl (C=O) groups is 2. The molecule has 1 aromatic rings. The summed E-state index contributed by atoms with van der Waals surface area (Å²) >= 11 is 0. The van der Waals surface area contributed by atoms with Gasteiger partial charge >= 0.3 is 0 Å². The maximum absolute atomic E-state index is 12.4. The second-order valence-corrected chi connectivity index (χ2v) is 5.69. The minimum Gasteiger partial charge on any atom is -0.378 e. The number of carbonyl (C=O) groups excluding carboxylic acids is 2. The van der Waals surface area contributed by atoms with Gasteiger partial charge < -0.3 is 15.4 Å². The first kappa shape index (κ1) is 16.5. The minimum absolute atomic E-state index is 0.0561. The Balaban J connectivity index is 1.89. The Morgan fingerprint density at radius 1 is 1.23 bits per heavy atom. The molecular weight excluding hydrogens is 280 g/mol. The lowest BCUT2D eigenvalue weighted by molar-refractivity contribution is -0.133. The van der Waals surface area contributed by atoms with Crippen molar-refractivity contribution in [1.82, 2.24) is 4.90 Å². The number of hydrogen-bond acceptors (Lipinski definition) is 3. The summed E-state index contributed by atoms with van der Waals surface area (Å²) in [7, 11) is 0. The van der Waals surface area contributed by atoms with E-state index >= 15 is 0 Å². The van der Waals surface area contributed by atoms with Crippen LogP contribution in [0.3, 0.4) is 0 Å². The van der Waals surface area contributed by atoms with Gasteiger partial charge in [-0.25, -0.2) is 0 Å². The summed E-state index contributed by atoms with van der Waals surface area (Å²) < 4.78 is 5.55. The number of amides is 2. The number of nitrogens with two attached hydrogens (primary N) is 1. The molecule has 2 amide bonds. The molecule has 5 nitrogen and oxygen atoms in total. The zero-order valence-electron chi connectivity index (χ0n) is 12.9. The van der Waals surface area contributed by atoms with Gasteiger partial charge in [0.05, 0.1) is 6.10 Å². The molecule has 2 N–H and O–H groups in total. The highest BCUT2D eigenvalue weighted by Gasteiger charge is 2.20. The van der Waals surface area contributed by atoms with Gasteiger partial charge in [-0.2, -0.15) is 0 Å². The smallest absolute Gasteiger partial charge is 0.222 e. The van der Waals surface area contributed by atoms with Crippen molar-refractivity contribution < 1.29 is 14.3 Å². The van der Waals surface area contributed by atoms with Crippen LogP contribution >= 0.6 is 0 Å². The number of ether oxygens (including phenoxy) is 1. The van der Waals surface area contributed by atoms with Crippen molar-refractivity contribution in [3.05, 3.63) is 35.9 Å². The largest absolute Gasteiger partial charge is 0.378 e. The van der Waals surface area contributed by atoms with Crippen molar-refractivity contribution >= 4 is 11.8 Å². The summed E-state index contributed by atoms with van der Waals surface area (Å²) in [5.41, 5.74) is 6.26. The molecule has 120 valence electrons. The van der Waals surface area contributed by atoms with E-state index in [1.54, 1.807) is 4.90 Å². The molecule has 22 heavy (non-hydrogen) atoms. The molecule has 2 rings (SSSR count). The third-order valence-electron chi connectivity index (χ3n) is 3.90. The van der Waals surface area contributed by atoms with Crippen LogP contribution in [0.25, 0.3) is 0 Å². The summed E-state index contributed by atoms with van der Waals surface area (Å²) in [6, 6.07) is 9.78. The molecule has 0 spiro atoms. The average Bonchev–Trinajstić information content (AvgIpc) is 3.03. The normalized spacial score (nSPS) is 17.4. The lowest BCUT2D eigenvalue weighted by atomic mass is 10.1. The Bertz CT molecular complexity index is 484. The molecule has 1 atom stereocenters. The molecule has 5 heteroatoms. The minimum atomic E-state index is -0.384. The second-order valence-electron chi connectivity index (χ2n) is 5.69. The molecule has 1 saturated heterocycles. The third kappa shape index (κ3) is 5.48. The Kier molecular flexibility index (Phi) is 6.40. The van der Waals surface area contributed by atoms with Gasteiger partial charge in [0.15, 0.2) is 0 Å². The molecule has 1 aliphatic heterocycles. The molecule has 0 bridgehead atoms. The van der Waals surface area contributed by atoms with Gasteiger partial charge in [0, 0.05) is 32.5 Å². The fourth-order valence-corrected chi connectivity index (χ4v) is 2.66. The third-order valence-corrected chi connectivity index (χ3v) is 3.90. The molecule has 1 aliphatic rings. The van der Waals surface area contributed by atoms with E-state index < -0.39 is 0 Å². The highest BCUT2D eigenvalue weighted by Crippen LogP contribution is 2.18. The number of nitrogens with zero attached hydrogens (tertiary/aromatic N) is 1. The predicted octanol–water partition coefficient (Wildman–Crippen LogP) is 1.85. The summed E-state index contributed by atoms with van der Waals surface area (Å²) in [6.07, 6.45) is 3.72. The Labute approximate surface area is 131 Å². The highest BCUT2D eigenvalue weighted by molar-refractivity contribution is 5.78. The van der Waals surface area contributed by atoms with Gasteiger partial charge in [0.2, 0.25) is 11.8 Å². The molecule has 0 aliphatic carbocycles. The van der Waals surface area contributed by atoms with E-state index in [2.05, 4.69) is 0 Å². The van der Waals surface area contributed by atoms with Gasteiger partial charge in [-0.05, 0) is 24.8 Å². The monoisotopic (exact) mass is 304 g/mol. The van der Waals surface area contributed by atoms with Crippen LogP contribution in [0, 0.1) is 0 Å². The molecular formula is C17H24N2O3. The number of hydrogen-bond donors (Lipinski definition) is 1. The topological polar surface area (TPSA) is 72.6 Å². The van der Waals surface area contributed by atoms with E-state index in [1.165, 1.54) is 0 Å². The zero-order chi connectivity index (χ0) is 15.8. The quantitative estimate of drug-likeness (QED) is 0.796. The summed E-state index contributed by atoms with van der Waals surface area (Å²) in [6.45, 7) is 1.68. The molecule has 1 aromatic carbocycles. The Morgan fingerprint density at radius 3 is 2.64 bits per heavy atom. The van der Waals surface area contributed by atoms with Crippen molar-refractivity contribution in [3.8, 4) is 0 Å². The van der Waals surface area contributed by atoms with E-state index in [9.17, 15) is 9.59 Å². The van der Waals surface area contributed by atoms with E-state index in [0.717, 1.165) is 31.4 Å². The molecule has 1 unspecified atom stereocenters. The van der Waals surface area contributed by atoms with Crippen LogP contribution in [-0.4, -0.2) is 36.0 Å². The van der Waals surface area contributed by atoms with Crippen molar-refractivity contribution in [2.75, 3.05) is 13.2 Å². The van der Waals surface area contributed by atoms with Crippen LogP contribution in [0.5, 0.6) is 0 Å². The highest BCUT2D eigenvalue weighted by atomic mass is 16.5. The SMILES string of the molecule is NC(=O)CCN(Cc1ccccc1)C(=O)CCC1CCCO1. The predicted molar refractivity (Wildman–Crippen MR) is 83.9 cm³/mol. The van der Waals surface area contributed by atoms with Crippen LogP contribution in [0.2, 0.25) is 0 Å². The molecule has 1 heterocycles. The number of benzene rings is 1. The van der Waals surface area contributed by atoms with Gasteiger partial charge in [-0.1, -0.05) is 30.3 Å². The molecule has 0 aromatic heterocycles. The van der Waals surface area contributed by atoms with E-state index in [0.29, 0.717) is 19.5 Å². The zero-order valence-corrected chi connectivity index (χ0v) is 12.9. The Morgan fingerprint density at radius 2 is 2.00 bits per heavy atom. The van der Waals surface area contributed by atoms with Gasteiger partial charge in [0.1, 0.15) is 0 Å². The first-order valence-corrected chi connectivity index (χ1v) is 7.87. The van der Waals surface area contributed by atoms with E-state index in [1.807, 2.05) is 30.3 Å². The maximum Gasteiger partial charge on any atom is 0.222 e. The van der Waals surface area contributed by atoms with Crippen molar-refractivity contribution in [3.63, 3.8) is 0 Å². The van der Waals surface area contributed by atoms with Crippen LogP contribution in [0.15, 0.2) is 30.3 Å². The lowest BCUT2D eigenvalue weighted by Crippen LogP contribution is -2.34. The Hall–Kier alpha value is -1.88. The van der Waals surface area contributed by atoms with E-state index in [-0.39, 0.29) is 24.3 Å². The first-order chi connectivity index (χ1) is 10.6. The van der Waals surface area contributed by atoms with Gasteiger partial charge in [-0.3, -0.25) is 9.59 Å². The summed E-state index contributed by atoms with van der Waals surface area (Å²) in [5.74, 6) is -0.328. The van der Waals surface area contributed by atoms with Crippen LogP contribution in [0.4, 0.5) is 0 Å². The summed E-state index contributed by atoms with van der Waals surface area (Å²) in [4.78, 5) is 25.2. The van der Waals surface area contributed by atoms with Crippen LogP contribution < -0.4 is 5.73 Å². The summed E-state index contributed by atoms with van der Waals surface area (Å²) in [5, 5.41) is 0. The lowest BCUT2D eigenvalue weighted by Gasteiger charge is -2.23. The molecule has 0 saturated carbocycles. The number of rotatable bonds is 8. The van der Waals surface area contributed by atoms with Crippen molar-refractivity contribution in [2.45, 2.75) is 44.8 Å². The van der Waals surface area contributed by atoms with E-state index in [4.69, 9.17) is 10.5 Å². The maximum atomic E-state index is 12.4.